The molecular weight excluding hydrogens is 304 g/mol. The fourth-order valence-electron chi connectivity index (χ4n) is 4.01. The molecule has 2 atom stereocenters. The molecule has 0 saturated carbocycles. The van der Waals surface area contributed by atoms with E-state index >= 15 is 0 Å². The number of likely N-dealkylation sites (tertiary alicyclic amines) is 2. The molecular formula is C18H22N4O2. The number of carbonyl (C=O) groups excluding carboxylic acids is 1. The number of aromatic nitrogens is 2. The van der Waals surface area contributed by atoms with E-state index in [1.54, 1.807) is 0 Å². The van der Waals surface area contributed by atoms with Crippen LogP contribution in [-0.2, 0) is 17.9 Å². The van der Waals surface area contributed by atoms with E-state index in [0.717, 1.165) is 42.2 Å². The minimum absolute atomic E-state index is 0.232. The lowest BCUT2D eigenvalue weighted by Gasteiger charge is -2.25. The molecule has 24 heavy (non-hydrogen) atoms. The van der Waals surface area contributed by atoms with Gasteiger partial charge in [-0.25, -0.2) is 0 Å². The summed E-state index contributed by atoms with van der Waals surface area (Å²) in [5.74, 6) is 1.04. The van der Waals surface area contributed by atoms with Gasteiger partial charge in [-0.2, -0.15) is 0 Å². The third-order valence-corrected chi connectivity index (χ3v) is 5.33. The van der Waals surface area contributed by atoms with Crippen molar-refractivity contribution in [1.82, 2.24) is 19.9 Å². The molecule has 2 aromatic rings. The quantitative estimate of drug-likeness (QED) is 0.860. The van der Waals surface area contributed by atoms with Crippen LogP contribution in [0.3, 0.4) is 0 Å². The van der Waals surface area contributed by atoms with Crippen molar-refractivity contribution in [3.63, 3.8) is 0 Å². The second-order valence-corrected chi connectivity index (χ2v) is 6.74. The number of hydrogen-bond acceptors (Lipinski definition) is 5. The van der Waals surface area contributed by atoms with Crippen LogP contribution < -0.4 is 0 Å². The van der Waals surface area contributed by atoms with Gasteiger partial charge in [-0.1, -0.05) is 11.2 Å². The van der Waals surface area contributed by atoms with Crippen molar-refractivity contribution >= 4 is 5.91 Å². The second kappa shape index (κ2) is 6.02. The van der Waals surface area contributed by atoms with E-state index < -0.39 is 0 Å². The molecule has 126 valence electrons. The van der Waals surface area contributed by atoms with Gasteiger partial charge in [0.05, 0.1) is 17.9 Å². The maximum Gasteiger partial charge on any atom is 0.224 e. The number of rotatable bonds is 4. The SMILES string of the molecule is Cc1noc(C)c1CN1C(=O)C[C@H]2[C@@H]1CCN2Cc1ccccn1. The average molecular weight is 326 g/mol. The van der Waals surface area contributed by atoms with Gasteiger partial charge >= 0.3 is 0 Å². The van der Waals surface area contributed by atoms with E-state index in [0.29, 0.717) is 19.0 Å². The largest absolute Gasteiger partial charge is 0.361 e. The predicted molar refractivity (Wildman–Crippen MR) is 88.0 cm³/mol. The van der Waals surface area contributed by atoms with Crippen molar-refractivity contribution in [2.45, 2.75) is 51.9 Å². The zero-order valence-corrected chi connectivity index (χ0v) is 14.1. The summed E-state index contributed by atoms with van der Waals surface area (Å²) in [6, 6.07) is 6.57. The number of hydrogen-bond donors (Lipinski definition) is 0. The van der Waals surface area contributed by atoms with Gasteiger partial charge in [0.15, 0.2) is 0 Å². The predicted octanol–water partition coefficient (Wildman–Crippen LogP) is 2.06. The highest BCUT2D eigenvalue weighted by Crippen LogP contribution is 2.34. The summed E-state index contributed by atoms with van der Waals surface area (Å²) in [5, 5.41) is 4.01. The van der Waals surface area contributed by atoms with Crippen LogP contribution in [0.5, 0.6) is 0 Å². The van der Waals surface area contributed by atoms with Crippen molar-refractivity contribution in [3.8, 4) is 0 Å². The lowest BCUT2D eigenvalue weighted by atomic mass is 10.1. The average Bonchev–Trinajstić information content (AvgIpc) is 3.20. The van der Waals surface area contributed by atoms with Crippen molar-refractivity contribution in [1.29, 1.82) is 0 Å². The molecule has 0 spiro atoms. The summed E-state index contributed by atoms with van der Waals surface area (Å²) >= 11 is 0. The van der Waals surface area contributed by atoms with Gasteiger partial charge in [-0.3, -0.25) is 14.7 Å². The standard InChI is InChI=1S/C18H22N4O2/c1-12-15(13(2)24-20-12)11-22-16-6-8-21(17(16)9-18(22)23)10-14-5-3-4-7-19-14/h3-5,7,16-17H,6,8-11H2,1-2H3/t16-,17-/m0/s1. The molecule has 2 fully saturated rings. The molecule has 2 aromatic heterocycles. The molecule has 1 amide bonds. The minimum Gasteiger partial charge on any atom is -0.361 e. The Bertz CT molecular complexity index is 723. The number of amides is 1. The first-order valence-corrected chi connectivity index (χ1v) is 8.48. The normalized spacial score (nSPS) is 23.9. The van der Waals surface area contributed by atoms with E-state index in [1.807, 2.05) is 43.1 Å². The molecule has 0 aromatic carbocycles. The Morgan fingerprint density at radius 3 is 2.83 bits per heavy atom. The molecule has 0 unspecified atom stereocenters. The van der Waals surface area contributed by atoms with Crippen LogP contribution in [0.15, 0.2) is 28.9 Å². The van der Waals surface area contributed by atoms with E-state index in [-0.39, 0.29) is 11.9 Å². The topological polar surface area (TPSA) is 62.5 Å². The third kappa shape index (κ3) is 2.60. The van der Waals surface area contributed by atoms with Gasteiger partial charge < -0.3 is 9.42 Å². The van der Waals surface area contributed by atoms with Crippen LogP contribution in [0.2, 0.25) is 0 Å². The molecule has 0 aliphatic carbocycles. The van der Waals surface area contributed by atoms with Crippen molar-refractivity contribution in [2.24, 2.45) is 0 Å². The van der Waals surface area contributed by atoms with Crippen molar-refractivity contribution in [2.75, 3.05) is 6.54 Å². The maximum absolute atomic E-state index is 12.6. The zero-order chi connectivity index (χ0) is 16.7. The van der Waals surface area contributed by atoms with E-state index in [1.165, 1.54) is 0 Å². The van der Waals surface area contributed by atoms with Gasteiger partial charge in [-0.15, -0.1) is 0 Å². The Labute approximate surface area is 141 Å². The van der Waals surface area contributed by atoms with Crippen molar-refractivity contribution < 1.29 is 9.32 Å². The fraction of sp³-hybridized carbons (Fsp3) is 0.500. The lowest BCUT2D eigenvalue weighted by molar-refractivity contribution is -0.129. The molecule has 0 radical (unpaired) electrons. The van der Waals surface area contributed by atoms with Gasteiger partial charge in [0.2, 0.25) is 5.91 Å². The van der Waals surface area contributed by atoms with E-state index in [2.05, 4.69) is 15.0 Å². The summed E-state index contributed by atoms with van der Waals surface area (Å²) in [7, 11) is 0. The highest BCUT2D eigenvalue weighted by Gasteiger charge is 2.46. The Hall–Kier alpha value is -2.21. The molecule has 2 saturated heterocycles. The van der Waals surface area contributed by atoms with Gasteiger partial charge in [0, 0.05) is 43.4 Å². The summed E-state index contributed by atoms with van der Waals surface area (Å²) < 4.78 is 5.25. The first-order chi connectivity index (χ1) is 11.6. The van der Waals surface area contributed by atoms with E-state index in [4.69, 9.17) is 4.52 Å². The number of carbonyl (C=O) groups is 1. The molecule has 0 bridgehead atoms. The summed E-state index contributed by atoms with van der Waals surface area (Å²) in [6.07, 6.45) is 3.44. The Kier molecular flexibility index (Phi) is 3.84. The monoisotopic (exact) mass is 326 g/mol. The van der Waals surface area contributed by atoms with Gasteiger partial charge in [0.1, 0.15) is 5.76 Å². The Morgan fingerprint density at radius 1 is 1.25 bits per heavy atom. The molecule has 6 nitrogen and oxygen atoms in total. The number of nitrogens with zero attached hydrogens (tertiary/aromatic N) is 4. The van der Waals surface area contributed by atoms with Crippen LogP contribution in [0, 0.1) is 13.8 Å². The van der Waals surface area contributed by atoms with Gasteiger partial charge in [-0.05, 0) is 32.4 Å². The zero-order valence-electron chi connectivity index (χ0n) is 14.1. The highest BCUT2D eigenvalue weighted by molar-refractivity contribution is 5.80. The first-order valence-electron chi connectivity index (χ1n) is 8.48. The number of pyridine rings is 1. The van der Waals surface area contributed by atoms with Crippen LogP contribution in [0.4, 0.5) is 0 Å². The summed E-state index contributed by atoms with van der Waals surface area (Å²) in [4.78, 5) is 21.4. The van der Waals surface area contributed by atoms with E-state index in [9.17, 15) is 4.79 Å². The first kappa shape index (κ1) is 15.3. The fourth-order valence-corrected chi connectivity index (χ4v) is 4.01. The highest BCUT2D eigenvalue weighted by atomic mass is 16.5. The van der Waals surface area contributed by atoms with Crippen LogP contribution in [0.25, 0.3) is 0 Å². The molecule has 2 aliphatic rings. The van der Waals surface area contributed by atoms with Crippen LogP contribution >= 0.6 is 0 Å². The number of fused-ring (bicyclic) bond motifs is 1. The smallest absolute Gasteiger partial charge is 0.224 e. The number of aryl methyl sites for hydroxylation is 2. The summed E-state index contributed by atoms with van der Waals surface area (Å²) in [5.41, 5.74) is 2.99. The van der Waals surface area contributed by atoms with Crippen LogP contribution in [-0.4, -0.2) is 44.5 Å². The minimum atomic E-state index is 0.232. The van der Waals surface area contributed by atoms with Crippen LogP contribution in [0.1, 0.15) is 35.6 Å². The third-order valence-electron chi connectivity index (χ3n) is 5.33. The second-order valence-electron chi connectivity index (χ2n) is 6.74. The molecule has 4 heterocycles. The maximum atomic E-state index is 12.6. The lowest BCUT2D eigenvalue weighted by Crippen LogP contribution is -2.37. The molecule has 2 aliphatic heterocycles. The summed E-state index contributed by atoms with van der Waals surface area (Å²) in [6.45, 7) is 6.28. The van der Waals surface area contributed by atoms with Gasteiger partial charge in [0.25, 0.3) is 0 Å². The Balaban J connectivity index is 1.49. The Morgan fingerprint density at radius 2 is 2.12 bits per heavy atom. The molecule has 0 N–H and O–H groups in total. The molecule has 6 heteroatoms. The molecule has 4 rings (SSSR count). The van der Waals surface area contributed by atoms with Crippen molar-refractivity contribution in [3.05, 3.63) is 47.1 Å².